The summed E-state index contributed by atoms with van der Waals surface area (Å²) in [5.74, 6) is 0.701. The highest BCUT2D eigenvalue weighted by atomic mass is 16.5. The van der Waals surface area contributed by atoms with Crippen molar-refractivity contribution in [1.82, 2.24) is 4.98 Å². The smallest absolute Gasteiger partial charge is 0.227 e. The van der Waals surface area contributed by atoms with Gasteiger partial charge in [0.15, 0.2) is 0 Å². The zero-order chi connectivity index (χ0) is 16.8. The van der Waals surface area contributed by atoms with Crippen LogP contribution in [-0.4, -0.2) is 24.1 Å². The highest BCUT2D eigenvalue weighted by Crippen LogP contribution is 2.19. The Morgan fingerprint density at radius 1 is 1.12 bits per heavy atom. The van der Waals surface area contributed by atoms with E-state index in [0.29, 0.717) is 30.3 Å². The lowest BCUT2D eigenvalue weighted by Gasteiger charge is -2.21. The first-order valence-corrected chi connectivity index (χ1v) is 7.86. The van der Waals surface area contributed by atoms with Crippen LogP contribution in [0.3, 0.4) is 0 Å². The Labute approximate surface area is 140 Å². The van der Waals surface area contributed by atoms with E-state index in [0.717, 1.165) is 18.5 Å². The van der Waals surface area contributed by atoms with Crippen molar-refractivity contribution in [1.29, 1.82) is 5.26 Å². The third-order valence-electron chi connectivity index (χ3n) is 3.91. The van der Waals surface area contributed by atoms with E-state index in [4.69, 9.17) is 10.00 Å². The Balaban J connectivity index is 1.58. The van der Waals surface area contributed by atoms with Gasteiger partial charge in [0, 0.05) is 24.8 Å². The Bertz CT molecular complexity index is 729. The molecule has 1 aliphatic rings. The lowest BCUT2D eigenvalue weighted by molar-refractivity contribution is -0.122. The molecule has 0 spiro atoms. The summed E-state index contributed by atoms with van der Waals surface area (Å²) < 4.78 is 5.27. The van der Waals surface area contributed by atoms with Crippen LogP contribution in [0.2, 0.25) is 0 Å². The maximum Gasteiger partial charge on any atom is 0.227 e. The van der Waals surface area contributed by atoms with Gasteiger partial charge in [0.1, 0.15) is 5.82 Å². The van der Waals surface area contributed by atoms with Crippen LogP contribution >= 0.6 is 0 Å². The van der Waals surface area contributed by atoms with Crippen LogP contribution in [0.4, 0.5) is 17.2 Å². The molecule has 2 aromatic rings. The van der Waals surface area contributed by atoms with Gasteiger partial charge in [-0.05, 0) is 49.2 Å². The van der Waals surface area contributed by atoms with Gasteiger partial charge < -0.3 is 15.4 Å². The van der Waals surface area contributed by atoms with Gasteiger partial charge >= 0.3 is 0 Å². The predicted octanol–water partition coefficient (Wildman–Crippen LogP) is 3.06. The molecule has 1 aromatic carbocycles. The summed E-state index contributed by atoms with van der Waals surface area (Å²) in [5.41, 5.74) is 2.14. The van der Waals surface area contributed by atoms with Crippen molar-refractivity contribution >= 4 is 23.1 Å². The molecule has 0 radical (unpaired) electrons. The quantitative estimate of drug-likeness (QED) is 0.903. The van der Waals surface area contributed by atoms with Gasteiger partial charge in [-0.1, -0.05) is 0 Å². The summed E-state index contributed by atoms with van der Waals surface area (Å²) in [4.78, 5) is 16.5. The van der Waals surface area contributed by atoms with Crippen LogP contribution in [0, 0.1) is 17.2 Å². The Morgan fingerprint density at radius 3 is 2.46 bits per heavy atom. The summed E-state index contributed by atoms with van der Waals surface area (Å²) in [5, 5.41) is 14.8. The molecule has 24 heavy (non-hydrogen) atoms. The minimum Gasteiger partial charge on any atom is -0.381 e. The summed E-state index contributed by atoms with van der Waals surface area (Å²) in [6.45, 7) is 1.29. The standard InChI is InChI=1S/C18H18N4O2/c19-11-13-1-3-15(4-2-13)21-17-6-5-16(12-20-17)22-18(23)14-7-9-24-10-8-14/h1-6,12,14H,7-10H2,(H,20,21)(H,22,23). The van der Waals surface area contributed by atoms with Crippen molar-refractivity contribution < 1.29 is 9.53 Å². The Kier molecular flexibility index (Phi) is 5.04. The van der Waals surface area contributed by atoms with Crippen molar-refractivity contribution in [2.24, 2.45) is 5.92 Å². The molecule has 1 aromatic heterocycles. The number of amides is 1. The van der Waals surface area contributed by atoms with Crippen LogP contribution in [0.15, 0.2) is 42.6 Å². The highest BCUT2D eigenvalue weighted by molar-refractivity contribution is 5.92. The van der Waals surface area contributed by atoms with Crippen LogP contribution in [0.5, 0.6) is 0 Å². The number of benzene rings is 1. The van der Waals surface area contributed by atoms with Crippen molar-refractivity contribution in [3.8, 4) is 6.07 Å². The maximum absolute atomic E-state index is 12.2. The van der Waals surface area contributed by atoms with Crippen molar-refractivity contribution in [2.45, 2.75) is 12.8 Å². The van der Waals surface area contributed by atoms with Gasteiger partial charge in [0.25, 0.3) is 0 Å². The molecule has 2 heterocycles. The second-order valence-electron chi connectivity index (χ2n) is 5.62. The van der Waals surface area contributed by atoms with E-state index in [1.807, 2.05) is 18.2 Å². The summed E-state index contributed by atoms with van der Waals surface area (Å²) in [6, 6.07) is 12.8. The average Bonchev–Trinajstić information content (AvgIpc) is 2.65. The van der Waals surface area contributed by atoms with Crippen molar-refractivity contribution in [2.75, 3.05) is 23.8 Å². The van der Waals surface area contributed by atoms with E-state index in [9.17, 15) is 4.79 Å². The normalized spacial score (nSPS) is 14.6. The van der Waals surface area contributed by atoms with Crippen LogP contribution in [0.25, 0.3) is 0 Å². The summed E-state index contributed by atoms with van der Waals surface area (Å²) in [7, 11) is 0. The molecule has 0 saturated carbocycles. The number of hydrogen-bond donors (Lipinski definition) is 2. The Hall–Kier alpha value is -2.91. The first kappa shape index (κ1) is 16.0. The second kappa shape index (κ2) is 7.57. The third-order valence-corrected chi connectivity index (χ3v) is 3.91. The van der Waals surface area contributed by atoms with E-state index in [2.05, 4.69) is 21.7 Å². The minimum absolute atomic E-state index is 0.00944. The third kappa shape index (κ3) is 4.09. The van der Waals surface area contributed by atoms with E-state index in [-0.39, 0.29) is 11.8 Å². The average molecular weight is 322 g/mol. The molecule has 122 valence electrons. The first-order valence-electron chi connectivity index (χ1n) is 7.86. The zero-order valence-corrected chi connectivity index (χ0v) is 13.2. The first-order chi connectivity index (χ1) is 11.7. The number of carbonyl (C=O) groups excluding carboxylic acids is 1. The monoisotopic (exact) mass is 322 g/mol. The van der Waals surface area contributed by atoms with Gasteiger partial charge in [-0.2, -0.15) is 5.26 Å². The summed E-state index contributed by atoms with van der Waals surface area (Å²) >= 11 is 0. The number of nitriles is 1. The number of hydrogen-bond acceptors (Lipinski definition) is 5. The van der Waals surface area contributed by atoms with Gasteiger partial charge in [-0.15, -0.1) is 0 Å². The van der Waals surface area contributed by atoms with Crippen LogP contribution in [0.1, 0.15) is 18.4 Å². The number of pyridine rings is 1. The van der Waals surface area contributed by atoms with Gasteiger partial charge in [-0.3, -0.25) is 4.79 Å². The van der Waals surface area contributed by atoms with E-state index in [1.54, 1.807) is 24.4 Å². The molecule has 1 amide bonds. The molecule has 1 fully saturated rings. The number of nitrogens with one attached hydrogen (secondary N) is 2. The number of aromatic nitrogens is 1. The van der Waals surface area contributed by atoms with E-state index < -0.39 is 0 Å². The minimum atomic E-state index is 0.00944. The van der Waals surface area contributed by atoms with Gasteiger partial charge in [0.05, 0.1) is 23.5 Å². The predicted molar refractivity (Wildman–Crippen MR) is 90.8 cm³/mol. The fraction of sp³-hybridized carbons (Fsp3) is 0.278. The molecule has 1 aliphatic heterocycles. The molecule has 0 aliphatic carbocycles. The Morgan fingerprint density at radius 2 is 1.83 bits per heavy atom. The topological polar surface area (TPSA) is 87.0 Å². The lowest BCUT2D eigenvalue weighted by atomic mass is 9.99. The number of anilines is 3. The number of nitrogens with zero attached hydrogens (tertiary/aromatic N) is 2. The largest absolute Gasteiger partial charge is 0.381 e. The lowest BCUT2D eigenvalue weighted by Crippen LogP contribution is -2.28. The van der Waals surface area contributed by atoms with Gasteiger partial charge in [0.2, 0.25) is 5.91 Å². The molecule has 2 N–H and O–H groups in total. The molecule has 0 unspecified atom stereocenters. The SMILES string of the molecule is N#Cc1ccc(Nc2ccc(NC(=O)C3CCOCC3)cn2)cc1. The molecule has 6 nitrogen and oxygen atoms in total. The second-order valence-corrected chi connectivity index (χ2v) is 5.62. The zero-order valence-electron chi connectivity index (χ0n) is 13.2. The highest BCUT2D eigenvalue weighted by Gasteiger charge is 2.21. The molecule has 6 heteroatoms. The number of rotatable bonds is 4. The molecular weight excluding hydrogens is 304 g/mol. The number of ether oxygens (including phenoxy) is 1. The van der Waals surface area contributed by atoms with E-state index in [1.165, 1.54) is 0 Å². The maximum atomic E-state index is 12.2. The molecule has 3 rings (SSSR count). The molecule has 0 bridgehead atoms. The van der Waals surface area contributed by atoms with Crippen LogP contribution in [-0.2, 0) is 9.53 Å². The fourth-order valence-electron chi connectivity index (χ4n) is 2.52. The van der Waals surface area contributed by atoms with Crippen LogP contribution < -0.4 is 10.6 Å². The van der Waals surface area contributed by atoms with Gasteiger partial charge in [-0.25, -0.2) is 4.98 Å². The van der Waals surface area contributed by atoms with E-state index >= 15 is 0 Å². The number of carbonyl (C=O) groups is 1. The summed E-state index contributed by atoms with van der Waals surface area (Å²) in [6.07, 6.45) is 3.15. The molecule has 1 saturated heterocycles. The molecular formula is C18H18N4O2. The van der Waals surface area contributed by atoms with Crippen molar-refractivity contribution in [3.63, 3.8) is 0 Å². The molecule has 0 atom stereocenters. The van der Waals surface area contributed by atoms with Crippen molar-refractivity contribution in [3.05, 3.63) is 48.2 Å². The fourth-order valence-corrected chi connectivity index (χ4v) is 2.52.